The van der Waals surface area contributed by atoms with Crippen LogP contribution < -0.4 is 22.1 Å². The molecule has 0 aromatic carbocycles. The van der Waals surface area contributed by atoms with Crippen LogP contribution in [0.1, 0.15) is 16.1 Å². The van der Waals surface area contributed by atoms with E-state index in [1.807, 2.05) is 4.98 Å². The van der Waals surface area contributed by atoms with Crippen LogP contribution in [0, 0.1) is 6.92 Å². The van der Waals surface area contributed by atoms with Crippen molar-refractivity contribution in [3.05, 3.63) is 61.0 Å². The molecule has 2 aromatic rings. The van der Waals surface area contributed by atoms with E-state index in [4.69, 9.17) is 0 Å². The lowest BCUT2D eigenvalue weighted by molar-refractivity contribution is 0.0946. The molecule has 1 amide bonds. The number of rotatable bonds is 4. The maximum absolute atomic E-state index is 11.8. The van der Waals surface area contributed by atoms with Gasteiger partial charge in [0.15, 0.2) is 0 Å². The van der Waals surface area contributed by atoms with Gasteiger partial charge in [-0.25, -0.2) is 9.78 Å². The van der Waals surface area contributed by atoms with Crippen molar-refractivity contribution >= 4 is 5.91 Å². The second-order valence-electron chi connectivity index (χ2n) is 4.33. The molecule has 2 rings (SSSR count). The Hall–Kier alpha value is -2.97. The summed E-state index contributed by atoms with van der Waals surface area (Å²) in [6.07, 6.45) is 2.83. The molecule has 0 spiro atoms. The van der Waals surface area contributed by atoms with Gasteiger partial charge in [0.25, 0.3) is 17.0 Å². The number of amides is 1. The lowest BCUT2D eigenvalue weighted by atomic mass is 10.3. The van der Waals surface area contributed by atoms with Crippen molar-refractivity contribution in [1.82, 2.24) is 24.8 Å². The summed E-state index contributed by atoms with van der Waals surface area (Å²) in [7, 11) is 0. The molecule has 0 aliphatic rings. The van der Waals surface area contributed by atoms with Crippen molar-refractivity contribution in [2.75, 3.05) is 6.54 Å². The molecule has 0 saturated carbocycles. The number of hydrogen-bond acceptors (Lipinski definition) is 5. The van der Waals surface area contributed by atoms with Gasteiger partial charge in [0, 0.05) is 30.9 Å². The molecule has 0 aliphatic carbocycles. The van der Waals surface area contributed by atoms with Gasteiger partial charge in [0.05, 0.1) is 6.33 Å². The zero-order valence-electron chi connectivity index (χ0n) is 11.2. The van der Waals surface area contributed by atoms with E-state index in [0.29, 0.717) is 5.56 Å². The van der Waals surface area contributed by atoms with Crippen LogP contribution in [-0.4, -0.2) is 32.0 Å². The highest BCUT2D eigenvalue weighted by atomic mass is 16.2. The summed E-state index contributed by atoms with van der Waals surface area (Å²) < 4.78 is 1.36. The number of nitrogens with one attached hydrogen (secondary N) is 3. The number of H-pyrrole nitrogens is 2. The summed E-state index contributed by atoms with van der Waals surface area (Å²) in [5.74, 6) is -0.605. The van der Waals surface area contributed by atoms with Crippen molar-refractivity contribution < 1.29 is 4.79 Å². The van der Waals surface area contributed by atoms with E-state index in [1.54, 1.807) is 6.92 Å². The van der Waals surface area contributed by atoms with Crippen LogP contribution in [0.5, 0.6) is 0 Å². The molecule has 9 nitrogen and oxygen atoms in total. The number of hydrogen-bond donors (Lipinski definition) is 3. The number of aromatic nitrogens is 4. The van der Waals surface area contributed by atoms with Gasteiger partial charge in [-0.2, -0.15) is 0 Å². The van der Waals surface area contributed by atoms with Crippen LogP contribution in [0.25, 0.3) is 0 Å². The van der Waals surface area contributed by atoms with Crippen molar-refractivity contribution in [1.29, 1.82) is 0 Å². The second-order valence-corrected chi connectivity index (χ2v) is 4.33. The van der Waals surface area contributed by atoms with E-state index in [9.17, 15) is 19.2 Å². The molecule has 2 heterocycles. The normalized spacial score (nSPS) is 10.3. The van der Waals surface area contributed by atoms with Gasteiger partial charge in [0.2, 0.25) is 0 Å². The topological polar surface area (TPSA) is 130 Å². The van der Waals surface area contributed by atoms with E-state index < -0.39 is 17.2 Å². The van der Waals surface area contributed by atoms with E-state index >= 15 is 0 Å². The molecule has 21 heavy (non-hydrogen) atoms. The molecule has 2 aromatic heterocycles. The Labute approximate surface area is 117 Å². The molecule has 0 bridgehead atoms. The number of carbonyl (C=O) groups excluding carboxylic acids is 1. The van der Waals surface area contributed by atoms with Gasteiger partial charge in [-0.1, -0.05) is 0 Å². The van der Waals surface area contributed by atoms with E-state index in [1.165, 1.54) is 17.1 Å². The third-order valence-corrected chi connectivity index (χ3v) is 2.72. The Morgan fingerprint density at radius 2 is 2.10 bits per heavy atom. The summed E-state index contributed by atoms with van der Waals surface area (Å²) in [6.45, 7) is 2.02. The maximum atomic E-state index is 11.8. The van der Waals surface area contributed by atoms with E-state index in [0.717, 1.165) is 6.07 Å². The minimum atomic E-state index is -0.758. The Balaban J connectivity index is 2.02. The molecule has 0 unspecified atom stereocenters. The molecule has 0 radical (unpaired) electrons. The number of aryl methyl sites for hydroxylation is 1. The fraction of sp³-hybridized carbons (Fsp3) is 0.250. The molecule has 9 heteroatoms. The number of aromatic amines is 2. The Morgan fingerprint density at radius 1 is 1.33 bits per heavy atom. The van der Waals surface area contributed by atoms with Crippen molar-refractivity contribution in [3.63, 3.8) is 0 Å². The Morgan fingerprint density at radius 3 is 2.81 bits per heavy atom. The maximum Gasteiger partial charge on any atom is 0.326 e. The molecular weight excluding hydrogens is 278 g/mol. The number of nitrogens with zero attached hydrogens (tertiary/aromatic N) is 2. The van der Waals surface area contributed by atoms with E-state index in [2.05, 4.69) is 15.3 Å². The smallest absolute Gasteiger partial charge is 0.326 e. The zero-order valence-corrected chi connectivity index (χ0v) is 11.2. The fourth-order valence-corrected chi connectivity index (χ4v) is 1.70. The van der Waals surface area contributed by atoms with Crippen molar-refractivity contribution in [3.8, 4) is 0 Å². The van der Waals surface area contributed by atoms with Gasteiger partial charge < -0.3 is 10.3 Å². The summed E-state index contributed by atoms with van der Waals surface area (Å²) in [6, 6.07) is 0.983. The van der Waals surface area contributed by atoms with Crippen LogP contribution in [0.4, 0.5) is 0 Å². The van der Waals surface area contributed by atoms with Crippen LogP contribution in [-0.2, 0) is 6.54 Å². The lowest BCUT2D eigenvalue weighted by Crippen LogP contribution is -2.34. The second kappa shape index (κ2) is 5.99. The lowest BCUT2D eigenvalue weighted by Gasteiger charge is -2.07. The molecule has 0 aliphatic heterocycles. The highest BCUT2D eigenvalue weighted by molar-refractivity contribution is 5.91. The Kier molecular flexibility index (Phi) is 4.12. The first kappa shape index (κ1) is 14.4. The molecule has 0 fully saturated rings. The minimum Gasteiger partial charge on any atom is -0.349 e. The Bertz CT molecular complexity index is 804. The van der Waals surface area contributed by atoms with Crippen molar-refractivity contribution in [2.45, 2.75) is 13.5 Å². The van der Waals surface area contributed by atoms with E-state index in [-0.39, 0.29) is 24.3 Å². The van der Waals surface area contributed by atoms with Gasteiger partial charge in [-0.15, -0.1) is 0 Å². The van der Waals surface area contributed by atoms with Gasteiger partial charge in [-0.3, -0.25) is 23.9 Å². The molecule has 0 atom stereocenters. The first-order chi connectivity index (χ1) is 9.97. The zero-order chi connectivity index (χ0) is 15.4. The monoisotopic (exact) mass is 291 g/mol. The van der Waals surface area contributed by atoms with Crippen LogP contribution in [0.15, 0.2) is 33.0 Å². The van der Waals surface area contributed by atoms with Crippen molar-refractivity contribution in [2.24, 2.45) is 0 Å². The average Bonchev–Trinajstić information content (AvgIpc) is 2.42. The fourth-order valence-electron chi connectivity index (χ4n) is 1.70. The molecular formula is C12H13N5O4. The third-order valence-electron chi connectivity index (χ3n) is 2.72. The van der Waals surface area contributed by atoms with Gasteiger partial charge in [0.1, 0.15) is 5.69 Å². The highest BCUT2D eigenvalue weighted by Crippen LogP contribution is 1.87. The summed E-state index contributed by atoms with van der Waals surface area (Å²) >= 11 is 0. The average molecular weight is 291 g/mol. The molecule has 110 valence electrons. The standard InChI is InChI=1S/C12H13N5O4/c1-7-5-13-6-17(11(7)20)3-2-14-10(19)8-4-9(18)16-12(21)15-8/h4-6H,2-3H2,1H3,(H,14,19)(H2,15,16,18,21). The number of carbonyl (C=O) groups is 1. The summed E-state index contributed by atoms with van der Waals surface area (Å²) in [5, 5.41) is 2.50. The van der Waals surface area contributed by atoms with Crippen LogP contribution in [0.3, 0.4) is 0 Å². The third kappa shape index (κ3) is 3.53. The van der Waals surface area contributed by atoms with Crippen LogP contribution >= 0.6 is 0 Å². The van der Waals surface area contributed by atoms with Gasteiger partial charge in [-0.05, 0) is 6.92 Å². The summed E-state index contributed by atoms with van der Waals surface area (Å²) in [4.78, 5) is 53.7. The first-order valence-electron chi connectivity index (χ1n) is 6.10. The predicted molar refractivity (Wildman–Crippen MR) is 73.3 cm³/mol. The quantitative estimate of drug-likeness (QED) is 0.622. The molecule has 3 N–H and O–H groups in total. The highest BCUT2D eigenvalue weighted by Gasteiger charge is 2.07. The van der Waals surface area contributed by atoms with Gasteiger partial charge >= 0.3 is 5.69 Å². The molecule has 0 saturated heterocycles. The SMILES string of the molecule is Cc1cncn(CCNC(=O)c2cc(=O)[nH]c(=O)[nH]2)c1=O. The predicted octanol–water partition coefficient (Wildman–Crippen LogP) is -1.64. The first-order valence-corrected chi connectivity index (χ1v) is 6.10. The minimum absolute atomic E-state index is 0.140. The van der Waals surface area contributed by atoms with Crippen LogP contribution in [0.2, 0.25) is 0 Å². The largest absolute Gasteiger partial charge is 0.349 e. The summed E-state index contributed by atoms with van der Waals surface area (Å²) in [5.41, 5.74) is -1.25.